The summed E-state index contributed by atoms with van der Waals surface area (Å²) in [4.78, 5) is 11.7. The molecule has 0 saturated heterocycles. The normalized spacial score (nSPS) is 11.7. The molecule has 0 aliphatic heterocycles. The molecule has 0 atom stereocenters. The van der Waals surface area contributed by atoms with Crippen LogP contribution in [0.25, 0.3) is 10.8 Å². The van der Waals surface area contributed by atoms with Crippen molar-refractivity contribution in [1.29, 1.82) is 0 Å². The molecule has 0 aromatic carbocycles. The number of thiophene rings is 1. The molecule has 0 aliphatic carbocycles. The Kier molecular flexibility index (Phi) is 4.05. The topological polar surface area (TPSA) is 76.2 Å². The Hall–Kier alpha value is -1.21. The number of halogens is 1. The lowest BCUT2D eigenvalue weighted by Gasteiger charge is -2.19. The molecule has 2 aromatic rings. The third-order valence-corrected chi connectivity index (χ3v) is 4.36. The van der Waals surface area contributed by atoms with Crippen molar-refractivity contribution in [3.05, 3.63) is 21.8 Å². The van der Waals surface area contributed by atoms with Crippen molar-refractivity contribution < 1.29 is 14.3 Å². The molecule has 0 aliphatic rings. The lowest BCUT2D eigenvalue weighted by Crippen LogP contribution is -2.19. The lowest BCUT2D eigenvalue weighted by atomic mass is 9.86. The summed E-state index contributed by atoms with van der Waals surface area (Å²) in [7, 11) is 0. The number of aromatic nitrogens is 2. The minimum atomic E-state index is -0.828. The molecule has 102 valence electrons. The van der Waals surface area contributed by atoms with Gasteiger partial charge in [0.25, 0.3) is 5.89 Å². The summed E-state index contributed by atoms with van der Waals surface area (Å²) in [6.45, 7) is 3.73. The fourth-order valence-electron chi connectivity index (χ4n) is 1.74. The molecule has 2 rings (SSSR count). The van der Waals surface area contributed by atoms with Crippen molar-refractivity contribution in [3.63, 3.8) is 0 Å². The maximum atomic E-state index is 10.8. The summed E-state index contributed by atoms with van der Waals surface area (Å²) in [6.07, 6.45) is 0.503. The van der Waals surface area contributed by atoms with Crippen LogP contribution in [0.1, 0.15) is 26.2 Å². The van der Waals surface area contributed by atoms with Gasteiger partial charge in [0.05, 0.1) is 6.42 Å². The SMILES string of the molecule is CC(C)(CC(=O)O)Cc1nnc(-c2sccc2Br)o1. The minimum Gasteiger partial charge on any atom is -0.481 e. The van der Waals surface area contributed by atoms with Crippen molar-refractivity contribution >= 4 is 33.2 Å². The van der Waals surface area contributed by atoms with Crippen molar-refractivity contribution in [3.8, 4) is 10.8 Å². The van der Waals surface area contributed by atoms with Crippen LogP contribution < -0.4 is 0 Å². The molecular weight excluding hydrogens is 332 g/mol. The number of carboxylic acid groups (broad SMARTS) is 1. The van der Waals surface area contributed by atoms with E-state index in [4.69, 9.17) is 9.52 Å². The first-order chi connectivity index (χ1) is 8.87. The minimum absolute atomic E-state index is 0.0629. The van der Waals surface area contributed by atoms with Crippen molar-refractivity contribution in [2.45, 2.75) is 26.7 Å². The van der Waals surface area contributed by atoms with E-state index in [1.807, 2.05) is 25.3 Å². The number of nitrogens with zero attached hydrogens (tertiary/aromatic N) is 2. The van der Waals surface area contributed by atoms with Crippen LogP contribution >= 0.6 is 27.3 Å². The summed E-state index contributed by atoms with van der Waals surface area (Å²) >= 11 is 4.92. The highest BCUT2D eigenvalue weighted by atomic mass is 79.9. The van der Waals surface area contributed by atoms with Crippen LogP contribution in [0.2, 0.25) is 0 Å². The van der Waals surface area contributed by atoms with E-state index in [0.29, 0.717) is 18.2 Å². The molecule has 0 bridgehead atoms. The van der Waals surface area contributed by atoms with Gasteiger partial charge in [-0.2, -0.15) is 0 Å². The van der Waals surface area contributed by atoms with E-state index in [-0.39, 0.29) is 6.42 Å². The molecular formula is C12H13BrN2O3S. The number of aliphatic carboxylic acids is 1. The third kappa shape index (κ3) is 3.63. The third-order valence-electron chi connectivity index (χ3n) is 2.54. The highest BCUT2D eigenvalue weighted by Crippen LogP contribution is 2.33. The first kappa shape index (κ1) is 14.2. The molecule has 0 spiro atoms. The number of hydrogen-bond acceptors (Lipinski definition) is 5. The Balaban J connectivity index is 2.14. The van der Waals surface area contributed by atoms with Gasteiger partial charge in [-0.15, -0.1) is 21.5 Å². The van der Waals surface area contributed by atoms with Crippen LogP contribution in [0.3, 0.4) is 0 Å². The Bertz CT molecular complexity index is 591. The van der Waals surface area contributed by atoms with Gasteiger partial charge < -0.3 is 9.52 Å². The number of carboxylic acids is 1. The zero-order valence-electron chi connectivity index (χ0n) is 10.5. The summed E-state index contributed by atoms with van der Waals surface area (Å²) < 4.78 is 6.51. The molecule has 0 unspecified atom stereocenters. The predicted molar refractivity (Wildman–Crippen MR) is 75.0 cm³/mol. The van der Waals surface area contributed by atoms with Crippen LogP contribution in [-0.2, 0) is 11.2 Å². The van der Waals surface area contributed by atoms with E-state index < -0.39 is 11.4 Å². The number of rotatable bonds is 5. The van der Waals surface area contributed by atoms with Gasteiger partial charge in [0.1, 0.15) is 4.88 Å². The summed E-state index contributed by atoms with van der Waals surface area (Å²) in [6, 6.07) is 1.91. The fourth-order valence-corrected chi connectivity index (χ4v) is 3.21. The molecule has 19 heavy (non-hydrogen) atoms. The van der Waals surface area contributed by atoms with E-state index in [1.54, 1.807) is 0 Å². The second-order valence-electron chi connectivity index (χ2n) is 5.01. The molecule has 0 saturated carbocycles. The van der Waals surface area contributed by atoms with Crippen LogP contribution in [0, 0.1) is 5.41 Å². The van der Waals surface area contributed by atoms with Gasteiger partial charge in [-0.1, -0.05) is 13.8 Å². The maximum absolute atomic E-state index is 10.8. The van der Waals surface area contributed by atoms with Gasteiger partial charge in [-0.25, -0.2) is 0 Å². The number of hydrogen-bond donors (Lipinski definition) is 1. The van der Waals surface area contributed by atoms with Crippen molar-refractivity contribution in [2.75, 3.05) is 0 Å². The Labute approximate surface area is 122 Å². The van der Waals surface area contributed by atoms with Crippen molar-refractivity contribution in [2.24, 2.45) is 5.41 Å². The average molecular weight is 345 g/mol. The highest BCUT2D eigenvalue weighted by Gasteiger charge is 2.25. The fraction of sp³-hybridized carbons (Fsp3) is 0.417. The van der Waals surface area contributed by atoms with E-state index in [1.165, 1.54) is 11.3 Å². The largest absolute Gasteiger partial charge is 0.481 e. The van der Waals surface area contributed by atoms with Crippen LogP contribution in [0.4, 0.5) is 0 Å². The average Bonchev–Trinajstić information content (AvgIpc) is 2.84. The Morgan fingerprint density at radius 1 is 1.53 bits per heavy atom. The lowest BCUT2D eigenvalue weighted by molar-refractivity contribution is -0.139. The van der Waals surface area contributed by atoms with E-state index in [0.717, 1.165) is 9.35 Å². The molecule has 0 radical (unpaired) electrons. The first-order valence-corrected chi connectivity index (χ1v) is 7.32. The van der Waals surface area contributed by atoms with Gasteiger partial charge in [-0.05, 0) is 32.8 Å². The smallest absolute Gasteiger partial charge is 0.303 e. The molecule has 2 heterocycles. The van der Waals surface area contributed by atoms with Crippen LogP contribution in [0.5, 0.6) is 0 Å². The molecule has 2 aromatic heterocycles. The summed E-state index contributed by atoms with van der Waals surface area (Å²) in [5.41, 5.74) is -0.414. The summed E-state index contributed by atoms with van der Waals surface area (Å²) in [5.74, 6) is 0.0929. The zero-order valence-corrected chi connectivity index (χ0v) is 12.9. The monoisotopic (exact) mass is 344 g/mol. The zero-order chi connectivity index (χ0) is 14.0. The van der Waals surface area contributed by atoms with Crippen molar-refractivity contribution in [1.82, 2.24) is 10.2 Å². The predicted octanol–water partition coefficient (Wildman–Crippen LogP) is 3.60. The maximum Gasteiger partial charge on any atom is 0.303 e. The van der Waals surface area contributed by atoms with Gasteiger partial charge in [0.2, 0.25) is 5.89 Å². The highest BCUT2D eigenvalue weighted by molar-refractivity contribution is 9.10. The van der Waals surface area contributed by atoms with E-state index >= 15 is 0 Å². The molecule has 0 fully saturated rings. The van der Waals surface area contributed by atoms with Crippen LogP contribution in [0.15, 0.2) is 20.3 Å². The molecule has 1 N–H and O–H groups in total. The first-order valence-electron chi connectivity index (χ1n) is 5.65. The molecule has 5 nitrogen and oxygen atoms in total. The van der Waals surface area contributed by atoms with E-state index in [9.17, 15) is 4.79 Å². The van der Waals surface area contributed by atoms with Gasteiger partial charge in [-0.3, -0.25) is 4.79 Å². The standard InChI is InChI=1S/C12H13BrN2O3S/c1-12(2,6-9(16)17)5-8-14-15-11(18-8)10-7(13)3-4-19-10/h3-4H,5-6H2,1-2H3,(H,16,17). The molecule has 0 amide bonds. The van der Waals surface area contributed by atoms with E-state index in [2.05, 4.69) is 26.1 Å². The Morgan fingerprint density at radius 3 is 2.84 bits per heavy atom. The second-order valence-corrected chi connectivity index (χ2v) is 6.78. The van der Waals surface area contributed by atoms with Gasteiger partial charge in [0, 0.05) is 10.9 Å². The number of carbonyl (C=O) groups is 1. The van der Waals surface area contributed by atoms with Gasteiger partial charge >= 0.3 is 5.97 Å². The van der Waals surface area contributed by atoms with Gasteiger partial charge in [0.15, 0.2) is 0 Å². The molecule has 7 heteroatoms. The Morgan fingerprint density at radius 2 is 2.26 bits per heavy atom. The van der Waals surface area contributed by atoms with Crippen LogP contribution in [-0.4, -0.2) is 21.3 Å². The second kappa shape index (κ2) is 5.42. The quantitative estimate of drug-likeness (QED) is 0.896. The summed E-state index contributed by atoms with van der Waals surface area (Å²) in [5, 5.41) is 18.8.